The number of hydrogen-bond donors (Lipinski definition) is 5. The van der Waals surface area contributed by atoms with Crippen LogP contribution in [0.4, 0.5) is 56.9 Å². The Morgan fingerprint density at radius 3 is 0.763 bits per heavy atom. The first-order chi connectivity index (χ1) is 66.8. The molecule has 0 saturated carbocycles. The molecule has 0 aliphatic heterocycles. The standard InChI is InChI=1S/3C24H15NOS.2C24H15NS2/c1-3-10-21-16(6-1)18-8-5-9-20(24(18)26-21)25-15-12-13-23-19(14-15)17-7-2-4-11-22(17)27-23;1-3-7-21-17(5-1)18-11-9-16(14-22(18)26-21)25-15-10-12-24-20(13-15)19-6-2-4-8-23(19)27-24;1-3-7-21-17(5-1)19-13-15(9-11-22(19)26-21)25-16-10-12-24-20(14-16)18-6-2-4-8-23(18)27-24;1-4-11-22-16(6-1)18-8-5-9-20(24(18)27-22)25-15-12-13-23-19(14-15)17-7-2-3-10-21(17)26-23;1-3-7-21-17(5-1)19-13-15(9-11-23(19)26-21)25-16-10-12-24-20(14-16)18-6-2-4-8-22(18)27-24/h5*1-14,25H. The molecular formula is C120H75N5O3S7. The highest BCUT2D eigenvalue weighted by atomic mass is 32.1. The number of anilines is 10. The van der Waals surface area contributed by atoms with Crippen molar-refractivity contribution in [3.63, 3.8) is 0 Å². The van der Waals surface area contributed by atoms with E-state index in [-0.39, 0.29) is 0 Å². The number of nitrogens with one attached hydrogen (secondary N) is 5. The van der Waals surface area contributed by atoms with Crippen LogP contribution in [0.15, 0.2) is 438 Å². The normalized spacial score (nSPS) is 11.7. The number of para-hydroxylation sites is 4. The number of rotatable bonds is 10. The summed E-state index contributed by atoms with van der Waals surface area (Å²) in [5.41, 5.74) is 16.4. The van der Waals surface area contributed by atoms with E-state index in [9.17, 15) is 0 Å². The second-order valence-corrected chi connectivity index (χ2v) is 41.2. The fourth-order valence-electron chi connectivity index (χ4n) is 18.9. The molecule has 640 valence electrons. The Bertz CT molecular complexity index is 9190. The molecule has 0 aliphatic rings. The van der Waals surface area contributed by atoms with Crippen LogP contribution in [0, 0.1) is 0 Å². The first-order valence-electron chi connectivity index (χ1n) is 44.7. The van der Waals surface area contributed by atoms with Crippen LogP contribution in [0.3, 0.4) is 0 Å². The van der Waals surface area contributed by atoms with Gasteiger partial charge in [0.25, 0.3) is 0 Å². The summed E-state index contributed by atoms with van der Waals surface area (Å²) in [5, 5.41) is 43.3. The molecule has 0 unspecified atom stereocenters. The van der Waals surface area contributed by atoms with Gasteiger partial charge < -0.3 is 39.8 Å². The van der Waals surface area contributed by atoms with Gasteiger partial charge in [0.2, 0.25) is 0 Å². The zero-order valence-electron chi connectivity index (χ0n) is 72.0. The molecule has 0 fully saturated rings. The number of thiophene rings is 7. The molecule has 15 heteroatoms. The molecule has 10 aromatic heterocycles. The molecule has 5 N–H and O–H groups in total. The lowest BCUT2D eigenvalue weighted by Gasteiger charge is -2.08. The van der Waals surface area contributed by atoms with Gasteiger partial charge in [0, 0.05) is 220 Å². The molecule has 0 radical (unpaired) electrons. The van der Waals surface area contributed by atoms with Gasteiger partial charge in [-0.05, 0) is 212 Å². The average Bonchev–Trinajstić information content (AvgIpc) is 1.62. The second kappa shape index (κ2) is 33.9. The molecule has 30 aromatic rings. The summed E-state index contributed by atoms with van der Waals surface area (Å²) < 4.78 is 36.7. The summed E-state index contributed by atoms with van der Waals surface area (Å²) in [6.07, 6.45) is 0. The summed E-state index contributed by atoms with van der Waals surface area (Å²) in [7, 11) is 0. The van der Waals surface area contributed by atoms with E-state index >= 15 is 0 Å². The Hall–Kier alpha value is -15.7. The van der Waals surface area contributed by atoms with Crippen LogP contribution in [0.2, 0.25) is 0 Å². The van der Waals surface area contributed by atoms with E-state index in [1.807, 2.05) is 140 Å². The van der Waals surface area contributed by atoms with Gasteiger partial charge in [-0.25, -0.2) is 0 Å². The summed E-state index contributed by atoms with van der Waals surface area (Å²) in [4.78, 5) is 0. The highest BCUT2D eigenvalue weighted by molar-refractivity contribution is 7.28. The van der Waals surface area contributed by atoms with Crippen molar-refractivity contribution in [3.8, 4) is 0 Å². The van der Waals surface area contributed by atoms with Crippen LogP contribution in [-0.4, -0.2) is 0 Å². The van der Waals surface area contributed by atoms with Gasteiger partial charge >= 0.3 is 0 Å². The summed E-state index contributed by atoms with van der Waals surface area (Å²) >= 11 is 12.9. The van der Waals surface area contributed by atoms with Crippen LogP contribution in [0.1, 0.15) is 0 Å². The van der Waals surface area contributed by atoms with Gasteiger partial charge in [-0.1, -0.05) is 206 Å². The maximum Gasteiger partial charge on any atom is 0.158 e. The van der Waals surface area contributed by atoms with Crippen LogP contribution in [0.25, 0.3) is 207 Å². The first kappa shape index (κ1) is 80.2. The van der Waals surface area contributed by atoms with Gasteiger partial charge in [-0.2, -0.15) is 0 Å². The molecule has 0 amide bonds. The smallest absolute Gasteiger partial charge is 0.158 e. The van der Waals surface area contributed by atoms with E-state index in [0.717, 1.165) is 117 Å². The minimum Gasteiger partial charge on any atom is -0.456 e. The Balaban J connectivity index is 0.0000000878. The van der Waals surface area contributed by atoms with Crippen molar-refractivity contribution < 1.29 is 13.3 Å². The van der Waals surface area contributed by atoms with Crippen LogP contribution < -0.4 is 26.6 Å². The van der Waals surface area contributed by atoms with Gasteiger partial charge in [-0.3, -0.25) is 0 Å². The van der Waals surface area contributed by atoms with Crippen LogP contribution in [0.5, 0.6) is 0 Å². The van der Waals surface area contributed by atoms with Crippen molar-refractivity contribution in [3.05, 3.63) is 425 Å². The van der Waals surface area contributed by atoms with Gasteiger partial charge in [-0.15, -0.1) is 79.4 Å². The maximum atomic E-state index is 6.14. The molecule has 0 spiro atoms. The fraction of sp³-hybridized carbons (Fsp3) is 0. The Kier molecular flexibility index (Phi) is 20.1. The van der Waals surface area contributed by atoms with Crippen LogP contribution in [-0.2, 0) is 0 Å². The third-order valence-electron chi connectivity index (χ3n) is 25.2. The monoisotopic (exact) mass is 1860 g/mol. The quantitative estimate of drug-likeness (QED) is 0.0924. The predicted octanol–water partition coefficient (Wildman–Crippen LogP) is 39.4. The molecule has 8 nitrogen and oxygen atoms in total. The minimum atomic E-state index is 0.897. The maximum absolute atomic E-state index is 6.14. The molecule has 10 heterocycles. The molecule has 0 atom stereocenters. The zero-order chi connectivity index (χ0) is 89.0. The van der Waals surface area contributed by atoms with Crippen molar-refractivity contribution in [1.29, 1.82) is 0 Å². The van der Waals surface area contributed by atoms with E-state index in [2.05, 4.69) is 391 Å². The van der Waals surface area contributed by atoms with E-state index in [1.165, 1.54) is 147 Å². The molecule has 30 rings (SSSR count). The largest absolute Gasteiger partial charge is 0.456 e. The summed E-state index contributed by atoms with van der Waals surface area (Å²) in [5.74, 6) is 0. The summed E-state index contributed by atoms with van der Waals surface area (Å²) in [6.45, 7) is 0. The molecular weight excluding hydrogens is 1780 g/mol. The SMILES string of the molecule is c1ccc2c(c1)oc1c(Nc3ccc4sc5ccccc5c4c3)cccc12.c1ccc2c(c1)oc1cc(Nc3ccc4sc5ccccc5c4c3)ccc12.c1ccc2c(c1)oc1ccc(Nc3ccc4sc5ccccc5c4c3)cc12.c1ccc2c(c1)sc1ccc(Nc3ccc4sc5ccccc5c4c3)cc12.c1ccc2c(c1)sc1ccc(Nc3cccc4c3sc3ccccc34)cc12. The molecule has 135 heavy (non-hydrogen) atoms. The minimum absolute atomic E-state index is 0.897. The van der Waals surface area contributed by atoms with E-state index < -0.39 is 0 Å². The van der Waals surface area contributed by atoms with E-state index in [0.29, 0.717) is 0 Å². The van der Waals surface area contributed by atoms with Crippen molar-refractivity contribution in [2.24, 2.45) is 0 Å². The Morgan fingerprint density at radius 2 is 0.370 bits per heavy atom. The lowest BCUT2D eigenvalue weighted by molar-refractivity contribution is 0.668. The number of fused-ring (bicyclic) bond motifs is 30. The average molecular weight is 1860 g/mol. The molecule has 0 saturated heterocycles. The highest BCUT2D eigenvalue weighted by Gasteiger charge is 2.19. The second-order valence-electron chi connectivity index (χ2n) is 33.7. The van der Waals surface area contributed by atoms with Crippen LogP contribution >= 0.6 is 79.4 Å². The van der Waals surface area contributed by atoms with E-state index in [4.69, 9.17) is 13.3 Å². The molecule has 0 bridgehead atoms. The molecule has 20 aromatic carbocycles. The third-order valence-corrected chi connectivity index (χ3v) is 33.4. The zero-order valence-corrected chi connectivity index (χ0v) is 77.7. The van der Waals surface area contributed by atoms with Gasteiger partial charge in [0.05, 0.1) is 16.1 Å². The molecule has 0 aliphatic carbocycles. The summed E-state index contributed by atoms with van der Waals surface area (Å²) in [6, 6.07) is 150. The topological polar surface area (TPSA) is 99.6 Å². The van der Waals surface area contributed by atoms with Gasteiger partial charge in [0.1, 0.15) is 27.9 Å². The first-order valence-corrected chi connectivity index (χ1v) is 50.5. The third kappa shape index (κ3) is 15.0. The van der Waals surface area contributed by atoms with Crippen molar-refractivity contribution >= 4 is 343 Å². The lowest BCUT2D eigenvalue weighted by atomic mass is 10.1. The predicted molar refractivity (Wildman–Crippen MR) is 593 cm³/mol. The van der Waals surface area contributed by atoms with Crippen molar-refractivity contribution in [2.75, 3.05) is 26.6 Å². The Labute approximate surface area is 800 Å². The number of benzene rings is 20. The van der Waals surface area contributed by atoms with Crippen molar-refractivity contribution in [2.45, 2.75) is 0 Å². The van der Waals surface area contributed by atoms with Gasteiger partial charge in [0.15, 0.2) is 5.58 Å². The van der Waals surface area contributed by atoms with Crippen molar-refractivity contribution in [1.82, 2.24) is 0 Å². The van der Waals surface area contributed by atoms with E-state index in [1.54, 1.807) is 0 Å². The fourth-order valence-corrected chi connectivity index (χ4v) is 26.6. The Morgan fingerprint density at radius 1 is 0.133 bits per heavy atom. The highest BCUT2D eigenvalue weighted by Crippen LogP contribution is 2.47. The number of furan rings is 3. The number of hydrogen-bond acceptors (Lipinski definition) is 15. The lowest BCUT2D eigenvalue weighted by Crippen LogP contribution is -1.90.